The molecule has 0 spiro atoms. The van der Waals surface area contributed by atoms with Gasteiger partial charge in [-0.1, -0.05) is 57.9 Å². The van der Waals surface area contributed by atoms with Gasteiger partial charge in [-0.25, -0.2) is 0 Å². The second-order valence-electron chi connectivity index (χ2n) is 6.56. The molecule has 0 aliphatic heterocycles. The zero-order valence-corrected chi connectivity index (χ0v) is 19.3. The van der Waals surface area contributed by atoms with Crippen molar-refractivity contribution in [3.8, 4) is 11.8 Å². The molecule has 1 N–H and O–H groups in total. The molecule has 0 heterocycles. The van der Waals surface area contributed by atoms with Gasteiger partial charge in [0.2, 0.25) is 0 Å². The second-order valence-corrected chi connectivity index (χ2v) is 8.27. The van der Waals surface area contributed by atoms with E-state index >= 15 is 0 Å². The van der Waals surface area contributed by atoms with Crippen LogP contribution in [-0.4, -0.2) is 5.91 Å². The first-order valence-electron chi connectivity index (χ1n) is 9.12. The Morgan fingerprint density at radius 1 is 1.07 bits per heavy atom. The van der Waals surface area contributed by atoms with Gasteiger partial charge in [-0.15, -0.1) is 0 Å². The number of carbonyl (C=O) groups excluding carboxylic acids is 1. The third-order valence-corrected chi connectivity index (χ3v) is 5.68. The zero-order valence-electron chi connectivity index (χ0n) is 16.2. The fourth-order valence-corrected chi connectivity index (χ4v) is 3.56. The van der Waals surface area contributed by atoms with Gasteiger partial charge in [0.1, 0.15) is 24.0 Å². The number of nitrogens with one attached hydrogen (secondary N) is 1. The van der Waals surface area contributed by atoms with Gasteiger partial charge < -0.3 is 10.1 Å². The van der Waals surface area contributed by atoms with E-state index in [1.807, 2.05) is 55.5 Å². The lowest BCUT2D eigenvalue weighted by molar-refractivity contribution is -0.112. The molecule has 0 radical (unpaired) electrons. The van der Waals surface area contributed by atoms with Gasteiger partial charge >= 0.3 is 0 Å². The number of carbonyl (C=O) groups is 1. The van der Waals surface area contributed by atoms with Crippen LogP contribution in [0.15, 0.2) is 81.2 Å². The van der Waals surface area contributed by atoms with Gasteiger partial charge in [0.15, 0.2) is 0 Å². The summed E-state index contributed by atoms with van der Waals surface area (Å²) >= 11 is 7.01. The van der Waals surface area contributed by atoms with Crippen LogP contribution in [0.1, 0.15) is 16.7 Å². The van der Waals surface area contributed by atoms with E-state index in [-0.39, 0.29) is 5.57 Å². The van der Waals surface area contributed by atoms with Crippen LogP contribution in [0, 0.1) is 18.3 Å². The summed E-state index contributed by atoms with van der Waals surface area (Å²) in [6.07, 6.45) is 1.55. The van der Waals surface area contributed by atoms with Crippen molar-refractivity contribution >= 4 is 49.5 Å². The lowest BCUT2D eigenvalue weighted by atomic mass is 10.1. The molecule has 3 rings (SSSR count). The minimum absolute atomic E-state index is 0.0179. The van der Waals surface area contributed by atoms with Crippen LogP contribution in [0.5, 0.6) is 5.75 Å². The van der Waals surface area contributed by atoms with Crippen molar-refractivity contribution in [3.63, 3.8) is 0 Å². The number of anilines is 1. The molecule has 30 heavy (non-hydrogen) atoms. The Balaban J connectivity index is 1.71. The molecule has 4 nitrogen and oxygen atoms in total. The summed E-state index contributed by atoms with van der Waals surface area (Å²) in [5.74, 6) is 0.220. The Kier molecular flexibility index (Phi) is 7.45. The molecule has 0 aliphatic carbocycles. The van der Waals surface area contributed by atoms with E-state index in [9.17, 15) is 10.1 Å². The number of aryl methyl sites for hydroxylation is 1. The molecule has 6 heteroatoms. The normalized spacial score (nSPS) is 10.9. The largest absolute Gasteiger partial charge is 0.488 e. The summed E-state index contributed by atoms with van der Waals surface area (Å²) in [5.41, 5.74) is 3.50. The fourth-order valence-electron chi connectivity index (χ4n) is 2.65. The Labute approximate surface area is 192 Å². The number of hydrogen-bond donors (Lipinski definition) is 1. The number of ether oxygens (including phenoxy) is 1. The van der Waals surface area contributed by atoms with Crippen molar-refractivity contribution in [1.29, 1.82) is 5.26 Å². The Hall–Kier alpha value is -2.88. The number of nitrogens with zero attached hydrogens (tertiary/aromatic N) is 1. The van der Waals surface area contributed by atoms with Crippen LogP contribution in [0.3, 0.4) is 0 Å². The number of benzene rings is 3. The number of hydrogen-bond acceptors (Lipinski definition) is 3. The van der Waals surface area contributed by atoms with E-state index in [0.717, 1.165) is 20.1 Å². The van der Waals surface area contributed by atoms with Crippen LogP contribution in [0.4, 0.5) is 5.69 Å². The number of rotatable bonds is 6. The molecule has 3 aromatic rings. The van der Waals surface area contributed by atoms with Crippen molar-refractivity contribution in [2.24, 2.45) is 0 Å². The minimum atomic E-state index is -0.452. The van der Waals surface area contributed by atoms with Crippen LogP contribution in [-0.2, 0) is 11.4 Å². The standard InChI is InChI=1S/C24H18Br2N2O2/c1-16-6-9-20(10-7-16)28-24(29)19(14-27)12-17-8-11-23(22(26)13-17)30-15-18-4-2-3-5-21(18)25/h2-13H,15H2,1H3,(H,28,29)/b19-12+. The summed E-state index contributed by atoms with van der Waals surface area (Å²) in [4.78, 5) is 12.4. The summed E-state index contributed by atoms with van der Waals surface area (Å²) in [6, 6.07) is 22.6. The van der Waals surface area contributed by atoms with Gasteiger partial charge in [0, 0.05) is 15.7 Å². The molecule has 0 fully saturated rings. The lowest BCUT2D eigenvalue weighted by Crippen LogP contribution is -2.13. The quantitative estimate of drug-likeness (QED) is 0.289. The maximum atomic E-state index is 12.4. The van der Waals surface area contributed by atoms with Crippen molar-refractivity contribution in [2.75, 3.05) is 5.32 Å². The average molecular weight is 526 g/mol. The summed E-state index contributed by atoms with van der Waals surface area (Å²) in [7, 11) is 0. The molecule has 0 bridgehead atoms. The van der Waals surface area contributed by atoms with Gasteiger partial charge in [0.25, 0.3) is 5.91 Å². The molecular weight excluding hydrogens is 508 g/mol. The highest BCUT2D eigenvalue weighted by Gasteiger charge is 2.11. The summed E-state index contributed by atoms with van der Waals surface area (Å²) in [5, 5.41) is 12.2. The molecule has 0 saturated heterocycles. The number of amides is 1. The van der Waals surface area contributed by atoms with Gasteiger partial charge in [0.05, 0.1) is 4.47 Å². The monoisotopic (exact) mass is 524 g/mol. The predicted molar refractivity (Wildman–Crippen MR) is 126 cm³/mol. The van der Waals surface area contributed by atoms with Crippen molar-refractivity contribution in [2.45, 2.75) is 13.5 Å². The maximum absolute atomic E-state index is 12.4. The highest BCUT2D eigenvalue weighted by molar-refractivity contribution is 9.10. The van der Waals surface area contributed by atoms with Crippen LogP contribution in [0.25, 0.3) is 6.08 Å². The molecule has 1 amide bonds. The topological polar surface area (TPSA) is 62.1 Å². The van der Waals surface area contributed by atoms with Gasteiger partial charge in [-0.3, -0.25) is 4.79 Å². The summed E-state index contributed by atoms with van der Waals surface area (Å²) < 4.78 is 7.61. The molecule has 150 valence electrons. The average Bonchev–Trinajstić information content (AvgIpc) is 2.74. The molecule has 0 unspecified atom stereocenters. The highest BCUT2D eigenvalue weighted by atomic mass is 79.9. The van der Waals surface area contributed by atoms with Gasteiger partial charge in [-0.2, -0.15) is 5.26 Å². The molecule has 3 aromatic carbocycles. The molecule has 0 atom stereocenters. The third kappa shape index (κ3) is 5.82. The van der Waals surface area contributed by atoms with Crippen molar-refractivity contribution < 1.29 is 9.53 Å². The maximum Gasteiger partial charge on any atom is 0.266 e. The van der Waals surface area contributed by atoms with Crippen LogP contribution >= 0.6 is 31.9 Å². The first kappa shape index (κ1) is 21.8. The van der Waals surface area contributed by atoms with E-state index in [1.54, 1.807) is 30.3 Å². The van der Waals surface area contributed by atoms with Gasteiger partial charge in [-0.05, 0) is 64.8 Å². The molecule has 0 aromatic heterocycles. The minimum Gasteiger partial charge on any atom is -0.488 e. The Morgan fingerprint density at radius 2 is 1.80 bits per heavy atom. The van der Waals surface area contributed by atoms with E-state index < -0.39 is 5.91 Å². The fraction of sp³-hybridized carbons (Fsp3) is 0.0833. The molecular formula is C24H18Br2N2O2. The van der Waals surface area contributed by atoms with E-state index in [2.05, 4.69) is 37.2 Å². The van der Waals surface area contributed by atoms with E-state index in [4.69, 9.17) is 4.74 Å². The van der Waals surface area contributed by atoms with Crippen LogP contribution in [0.2, 0.25) is 0 Å². The van der Waals surface area contributed by atoms with Crippen molar-refractivity contribution in [3.05, 3.63) is 97.9 Å². The second kappa shape index (κ2) is 10.2. The summed E-state index contributed by atoms with van der Waals surface area (Å²) in [6.45, 7) is 2.38. The predicted octanol–water partition coefficient (Wildman–Crippen LogP) is 6.64. The molecule has 0 aliphatic rings. The third-order valence-electron chi connectivity index (χ3n) is 4.28. The Bertz CT molecular complexity index is 1130. The lowest BCUT2D eigenvalue weighted by Gasteiger charge is -2.10. The SMILES string of the molecule is Cc1ccc(NC(=O)/C(C#N)=C/c2ccc(OCc3ccccc3Br)c(Br)c2)cc1. The van der Waals surface area contributed by atoms with E-state index in [0.29, 0.717) is 23.6 Å². The van der Waals surface area contributed by atoms with Crippen LogP contribution < -0.4 is 10.1 Å². The number of nitriles is 1. The first-order chi connectivity index (χ1) is 14.5. The highest BCUT2D eigenvalue weighted by Crippen LogP contribution is 2.28. The smallest absolute Gasteiger partial charge is 0.266 e. The molecule has 0 saturated carbocycles. The van der Waals surface area contributed by atoms with E-state index in [1.165, 1.54) is 0 Å². The van der Waals surface area contributed by atoms with Crippen molar-refractivity contribution in [1.82, 2.24) is 0 Å². The first-order valence-corrected chi connectivity index (χ1v) is 10.7. The Morgan fingerprint density at radius 3 is 2.47 bits per heavy atom. The number of halogens is 2. The zero-order chi connectivity index (χ0) is 21.5.